The van der Waals surface area contributed by atoms with Gasteiger partial charge in [-0.3, -0.25) is 4.79 Å². The van der Waals surface area contributed by atoms with Crippen molar-refractivity contribution in [3.8, 4) is 0 Å². The molecule has 0 spiro atoms. The third-order valence-corrected chi connectivity index (χ3v) is 4.12. The number of piperidine rings is 1. The normalized spacial score (nSPS) is 16.4. The molecule has 112 valence electrons. The zero-order chi connectivity index (χ0) is 14.5. The summed E-state index contributed by atoms with van der Waals surface area (Å²) in [5, 5.41) is 3.99. The number of nitrogens with zero attached hydrogens (tertiary/aromatic N) is 2. The van der Waals surface area contributed by atoms with Gasteiger partial charge in [0.2, 0.25) is 0 Å². The SMILES string of the molecule is CCCN(CC1CCNCC1)C(=O)c1cc(Cl)cn1C. The van der Waals surface area contributed by atoms with Crippen molar-refractivity contribution in [3.63, 3.8) is 0 Å². The lowest BCUT2D eigenvalue weighted by atomic mass is 9.97. The fraction of sp³-hybridized carbons (Fsp3) is 0.667. The summed E-state index contributed by atoms with van der Waals surface area (Å²) in [6.07, 6.45) is 5.07. The molecule has 5 heteroatoms. The van der Waals surface area contributed by atoms with Crippen molar-refractivity contribution in [1.29, 1.82) is 0 Å². The molecule has 0 aromatic carbocycles. The second-order valence-electron chi connectivity index (χ2n) is 5.60. The number of aryl methyl sites for hydroxylation is 1. The van der Waals surface area contributed by atoms with E-state index < -0.39 is 0 Å². The van der Waals surface area contributed by atoms with Gasteiger partial charge in [-0.25, -0.2) is 0 Å². The van der Waals surface area contributed by atoms with Crippen molar-refractivity contribution in [1.82, 2.24) is 14.8 Å². The average molecular weight is 298 g/mol. The molecule has 2 rings (SSSR count). The van der Waals surface area contributed by atoms with Gasteiger partial charge in [0.15, 0.2) is 0 Å². The van der Waals surface area contributed by atoms with Crippen molar-refractivity contribution in [3.05, 3.63) is 23.0 Å². The number of hydrogen-bond donors (Lipinski definition) is 1. The molecular weight excluding hydrogens is 274 g/mol. The monoisotopic (exact) mass is 297 g/mol. The van der Waals surface area contributed by atoms with Crippen LogP contribution in [-0.4, -0.2) is 41.6 Å². The van der Waals surface area contributed by atoms with E-state index in [4.69, 9.17) is 11.6 Å². The highest BCUT2D eigenvalue weighted by Gasteiger charge is 2.23. The zero-order valence-corrected chi connectivity index (χ0v) is 13.1. The molecule has 0 bridgehead atoms. The molecule has 1 aromatic rings. The van der Waals surface area contributed by atoms with Crippen LogP contribution in [0.2, 0.25) is 5.02 Å². The number of carbonyl (C=O) groups is 1. The van der Waals surface area contributed by atoms with Crippen molar-refractivity contribution in [2.24, 2.45) is 13.0 Å². The van der Waals surface area contributed by atoms with Crippen LogP contribution in [0.15, 0.2) is 12.3 Å². The fourth-order valence-electron chi connectivity index (χ4n) is 2.82. The molecule has 4 nitrogen and oxygen atoms in total. The summed E-state index contributed by atoms with van der Waals surface area (Å²) in [6, 6.07) is 1.76. The van der Waals surface area contributed by atoms with Crippen LogP contribution in [0, 0.1) is 5.92 Å². The average Bonchev–Trinajstić information content (AvgIpc) is 2.77. The Morgan fingerprint density at radius 1 is 1.50 bits per heavy atom. The summed E-state index contributed by atoms with van der Waals surface area (Å²) >= 11 is 5.98. The van der Waals surface area contributed by atoms with Gasteiger partial charge in [-0.15, -0.1) is 0 Å². The minimum Gasteiger partial charge on any atom is -0.345 e. The molecule has 20 heavy (non-hydrogen) atoms. The Hall–Kier alpha value is -1.00. The van der Waals surface area contributed by atoms with E-state index in [2.05, 4.69) is 12.2 Å². The van der Waals surface area contributed by atoms with E-state index in [9.17, 15) is 4.79 Å². The Morgan fingerprint density at radius 3 is 2.75 bits per heavy atom. The molecule has 0 saturated carbocycles. The molecule has 1 saturated heterocycles. The molecule has 1 amide bonds. The third kappa shape index (κ3) is 3.76. The number of rotatable bonds is 5. The lowest BCUT2D eigenvalue weighted by molar-refractivity contribution is 0.0707. The van der Waals surface area contributed by atoms with Crippen molar-refractivity contribution in [2.45, 2.75) is 26.2 Å². The quantitative estimate of drug-likeness (QED) is 0.907. The molecule has 2 heterocycles. The molecule has 1 aliphatic heterocycles. The lowest BCUT2D eigenvalue weighted by Crippen LogP contribution is -2.40. The third-order valence-electron chi connectivity index (χ3n) is 3.91. The minimum atomic E-state index is 0.0970. The van der Waals surface area contributed by atoms with Crippen molar-refractivity contribution in [2.75, 3.05) is 26.2 Å². The molecule has 1 N–H and O–H groups in total. The number of amides is 1. The second-order valence-corrected chi connectivity index (χ2v) is 6.04. The first-order chi connectivity index (χ1) is 9.61. The summed E-state index contributed by atoms with van der Waals surface area (Å²) in [5.41, 5.74) is 0.678. The number of carbonyl (C=O) groups excluding carboxylic acids is 1. The first kappa shape index (κ1) is 15.4. The van der Waals surface area contributed by atoms with Gasteiger partial charge in [0.1, 0.15) is 5.69 Å². The molecule has 0 atom stereocenters. The van der Waals surface area contributed by atoms with E-state index >= 15 is 0 Å². The molecule has 0 radical (unpaired) electrons. The summed E-state index contributed by atoms with van der Waals surface area (Å²) < 4.78 is 1.82. The van der Waals surface area contributed by atoms with E-state index in [0.717, 1.165) is 45.4 Å². The maximum Gasteiger partial charge on any atom is 0.270 e. The number of nitrogens with one attached hydrogen (secondary N) is 1. The van der Waals surface area contributed by atoms with Crippen LogP contribution >= 0.6 is 11.6 Å². The minimum absolute atomic E-state index is 0.0970. The van der Waals surface area contributed by atoms with Crippen LogP contribution in [0.4, 0.5) is 0 Å². The van der Waals surface area contributed by atoms with E-state index in [1.165, 1.54) is 0 Å². The van der Waals surface area contributed by atoms with Crippen LogP contribution in [0.5, 0.6) is 0 Å². The van der Waals surface area contributed by atoms with Gasteiger partial charge < -0.3 is 14.8 Å². The van der Waals surface area contributed by atoms with Gasteiger partial charge >= 0.3 is 0 Å². The van der Waals surface area contributed by atoms with Crippen LogP contribution < -0.4 is 5.32 Å². The Balaban J connectivity index is 2.06. The largest absolute Gasteiger partial charge is 0.345 e. The molecule has 0 aliphatic carbocycles. The van der Waals surface area contributed by atoms with Gasteiger partial charge in [0, 0.05) is 26.3 Å². The lowest BCUT2D eigenvalue weighted by Gasteiger charge is -2.30. The summed E-state index contributed by atoms with van der Waals surface area (Å²) in [4.78, 5) is 14.7. The number of halogens is 1. The molecule has 1 aromatic heterocycles. The van der Waals surface area contributed by atoms with Gasteiger partial charge in [0.25, 0.3) is 5.91 Å². The summed E-state index contributed by atoms with van der Waals surface area (Å²) in [7, 11) is 1.87. The Bertz CT molecular complexity index is 452. The molecule has 1 aliphatic rings. The predicted molar refractivity (Wildman–Crippen MR) is 82.2 cm³/mol. The van der Waals surface area contributed by atoms with Gasteiger partial charge in [0.05, 0.1) is 5.02 Å². The topological polar surface area (TPSA) is 37.3 Å². The second kappa shape index (κ2) is 7.14. The molecular formula is C15H24ClN3O. The summed E-state index contributed by atoms with van der Waals surface area (Å²) in [5.74, 6) is 0.710. The summed E-state index contributed by atoms with van der Waals surface area (Å²) in [6.45, 7) is 5.91. The molecule has 0 unspecified atom stereocenters. The Kier molecular flexibility index (Phi) is 5.49. The van der Waals surface area contributed by atoms with E-state index in [1.54, 1.807) is 12.3 Å². The van der Waals surface area contributed by atoms with Crippen molar-refractivity contribution < 1.29 is 4.79 Å². The fourth-order valence-corrected chi connectivity index (χ4v) is 3.07. The Labute approximate surface area is 126 Å². The van der Waals surface area contributed by atoms with Gasteiger partial charge in [-0.1, -0.05) is 18.5 Å². The van der Waals surface area contributed by atoms with E-state index in [1.807, 2.05) is 16.5 Å². The number of hydrogen-bond acceptors (Lipinski definition) is 2. The van der Waals surface area contributed by atoms with Crippen LogP contribution in [0.3, 0.4) is 0 Å². The predicted octanol–water partition coefficient (Wildman–Crippen LogP) is 2.53. The highest BCUT2D eigenvalue weighted by Crippen LogP contribution is 2.18. The molecule has 1 fully saturated rings. The van der Waals surface area contributed by atoms with Gasteiger partial charge in [-0.2, -0.15) is 0 Å². The van der Waals surface area contributed by atoms with E-state index in [0.29, 0.717) is 16.6 Å². The highest BCUT2D eigenvalue weighted by molar-refractivity contribution is 6.31. The first-order valence-corrected chi connectivity index (χ1v) is 7.81. The smallest absolute Gasteiger partial charge is 0.270 e. The van der Waals surface area contributed by atoms with Crippen LogP contribution in [0.1, 0.15) is 36.7 Å². The highest BCUT2D eigenvalue weighted by atomic mass is 35.5. The first-order valence-electron chi connectivity index (χ1n) is 7.43. The van der Waals surface area contributed by atoms with Crippen molar-refractivity contribution >= 4 is 17.5 Å². The Morgan fingerprint density at radius 2 is 2.20 bits per heavy atom. The number of aromatic nitrogens is 1. The maximum absolute atomic E-state index is 12.7. The standard InChI is InChI=1S/C15H24ClN3O/c1-3-8-19(10-12-4-6-17-7-5-12)15(20)14-9-13(16)11-18(14)2/h9,11-12,17H,3-8,10H2,1-2H3. The van der Waals surface area contributed by atoms with E-state index in [-0.39, 0.29) is 5.91 Å². The van der Waals surface area contributed by atoms with Crippen LogP contribution in [0.25, 0.3) is 0 Å². The maximum atomic E-state index is 12.7. The zero-order valence-electron chi connectivity index (χ0n) is 12.4. The van der Waals surface area contributed by atoms with Crippen LogP contribution in [-0.2, 0) is 7.05 Å². The van der Waals surface area contributed by atoms with Gasteiger partial charge in [-0.05, 0) is 44.3 Å².